The molecule has 1 saturated heterocycles. The van der Waals surface area contributed by atoms with Crippen molar-refractivity contribution in [2.45, 2.75) is 38.6 Å². The Kier molecular flexibility index (Phi) is 7.06. The Morgan fingerprint density at radius 2 is 2.12 bits per heavy atom. The van der Waals surface area contributed by atoms with Crippen LogP contribution in [0.4, 0.5) is 0 Å². The maximum absolute atomic E-state index is 12.1. The van der Waals surface area contributed by atoms with Gasteiger partial charge in [-0.2, -0.15) is 0 Å². The van der Waals surface area contributed by atoms with E-state index in [0.29, 0.717) is 19.6 Å². The second kappa shape index (κ2) is 9.27. The number of methoxy groups -OCH3 is 1. The molecule has 0 bridgehead atoms. The molecule has 132 valence electrons. The minimum Gasteiger partial charge on any atom is -0.497 e. The van der Waals surface area contributed by atoms with Crippen molar-refractivity contribution in [2.24, 2.45) is 0 Å². The van der Waals surface area contributed by atoms with Gasteiger partial charge in [-0.1, -0.05) is 25.5 Å². The second-order valence-electron chi connectivity index (χ2n) is 6.09. The lowest BCUT2D eigenvalue weighted by atomic mass is 10.1. The molecule has 1 unspecified atom stereocenters. The van der Waals surface area contributed by atoms with Crippen molar-refractivity contribution < 1.29 is 14.3 Å². The minimum absolute atomic E-state index is 0.0532. The lowest BCUT2D eigenvalue weighted by Crippen LogP contribution is -2.53. The Morgan fingerprint density at radius 1 is 1.38 bits per heavy atom. The summed E-state index contributed by atoms with van der Waals surface area (Å²) in [4.78, 5) is 25.6. The van der Waals surface area contributed by atoms with E-state index in [1.54, 1.807) is 12.0 Å². The molecule has 1 aliphatic rings. The molecular weight excluding hydrogens is 306 g/mol. The van der Waals surface area contributed by atoms with E-state index in [-0.39, 0.29) is 24.4 Å². The van der Waals surface area contributed by atoms with Crippen LogP contribution in [0.15, 0.2) is 24.3 Å². The fourth-order valence-electron chi connectivity index (χ4n) is 2.80. The van der Waals surface area contributed by atoms with Crippen LogP contribution in [0.1, 0.15) is 31.7 Å². The summed E-state index contributed by atoms with van der Waals surface area (Å²) < 4.78 is 5.12. The zero-order chi connectivity index (χ0) is 17.4. The predicted octanol–water partition coefficient (Wildman–Crippen LogP) is 1.30. The van der Waals surface area contributed by atoms with E-state index in [0.717, 1.165) is 30.6 Å². The van der Waals surface area contributed by atoms with Gasteiger partial charge in [0.1, 0.15) is 12.3 Å². The number of hydrogen-bond acceptors (Lipinski definition) is 4. The summed E-state index contributed by atoms with van der Waals surface area (Å²) in [6.07, 6.45) is 3.28. The fourth-order valence-corrected chi connectivity index (χ4v) is 2.80. The third-order valence-corrected chi connectivity index (χ3v) is 4.21. The number of carbonyl (C=O) groups is 2. The first-order valence-electron chi connectivity index (χ1n) is 8.53. The van der Waals surface area contributed by atoms with Gasteiger partial charge in [0.2, 0.25) is 11.8 Å². The Labute approximate surface area is 143 Å². The van der Waals surface area contributed by atoms with Crippen molar-refractivity contribution in [3.8, 4) is 5.75 Å². The smallest absolute Gasteiger partial charge is 0.239 e. The molecular formula is C18H27N3O3. The third-order valence-electron chi connectivity index (χ3n) is 4.21. The number of hydrogen-bond donors (Lipinski definition) is 2. The van der Waals surface area contributed by atoms with Gasteiger partial charge in [0.05, 0.1) is 13.8 Å². The molecule has 0 spiro atoms. The molecule has 1 aromatic carbocycles. The van der Waals surface area contributed by atoms with Crippen molar-refractivity contribution in [3.63, 3.8) is 0 Å². The standard InChI is InChI=1S/C18H27N3O3/c1-3-4-15-11-18(23)21(13-20-15)12-17(22)19-10-9-14-5-7-16(24-2)8-6-14/h5-8,15,20H,3-4,9-13H2,1-2H3,(H,19,22). The average Bonchev–Trinajstić information content (AvgIpc) is 2.58. The first-order chi connectivity index (χ1) is 11.6. The zero-order valence-corrected chi connectivity index (χ0v) is 14.5. The maximum Gasteiger partial charge on any atom is 0.239 e. The molecule has 0 aliphatic carbocycles. The molecule has 1 aromatic rings. The summed E-state index contributed by atoms with van der Waals surface area (Å²) in [7, 11) is 1.64. The molecule has 0 radical (unpaired) electrons. The van der Waals surface area contributed by atoms with Crippen LogP contribution in [0.2, 0.25) is 0 Å². The van der Waals surface area contributed by atoms with Crippen molar-refractivity contribution in [2.75, 3.05) is 26.9 Å². The molecule has 6 heteroatoms. The summed E-state index contributed by atoms with van der Waals surface area (Å²) in [5, 5.41) is 6.18. The van der Waals surface area contributed by atoms with Gasteiger partial charge < -0.3 is 15.0 Å². The lowest BCUT2D eigenvalue weighted by molar-refractivity contribution is -0.139. The second-order valence-corrected chi connectivity index (χ2v) is 6.09. The Bertz CT molecular complexity index is 545. The highest BCUT2D eigenvalue weighted by Gasteiger charge is 2.25. The highest BCUT2D eigenvalue weighted by atomic mass is 16.5. The highest BCUT2D eigenvalue weighted by Crippen LogP contribution is 2.11. The quantitative estimate of drug-likeness (QED) is 0.752. The van der Waals surface area contributed by atoms with E-state index >= 15 is 0 Å². The van der Waals surface area contributed by atoms with Crippen LogP contribution in [0.3, 0.4) is 0 Å². The molecule has 1 fully saturated rings. The van der Waals surface area contributed by atoms with E-state index < -0.39 is 0 Å². The first kappa shape index (κ1) is 18.3. The predicted molar refractivity (Wildman–Crippen MR) is 92.7 cm³/mol. The molecule has 1 heterocycles. The summed E-state index contributed by atoms with van der Waals surface area (Å²) >= 11 is 0. The number of carbonyl (C=O) groups excluding carboxylic acids is 2. The number of benzene rings is 1. The maximum atomic E-state index is 12.1. The van der Waals surface area contributed by atoms with Gasteiger partial charge in [-0.3, -0.25) is 14.9 Å². The van der Waals surface area contributed by atoms with Crippen LogP contribution < -0.4 is 15.4 Å². The van der Waals surface area contributed by atoms with Crippen LogP contribution in [0, 0.1) is 0 Å². The van der Waals surface area contributed by atoms with E-state index in [2.05, 4.69) is 17.6 Å². The number of rotatable bonds is 8. The van der Waals surface area contributed by atoms with Crippen molar-refractivity contribution in [1.82, 2.24) is 15.5 Å². The van der Waals surface area contributed by atoms with Crippen LogP contribution >= 0.6 is 0 Å². The first-order valence-corrected chi connectivity index (χ1v) is 8.53. The minimum atomic E-state index is -0.118. The van der Waals surface area contributed by atoms with Gasteiger partial charge in [0, 0.05) is 19.0 Å². The van der Waals surface area contributed by atoms with Gasteiger partial charge in [-0.15, -0.1) is 0 Å². The Balaban J connectivity index is 1.68. The SMILES string of the molecule is CCCC1CC(=O)N(CC(=O)NCCc2ccc(OC)cc2)CN1. The fraction of sp³-hybridized carbons (Fsp3) is 0.556. The van der Waals surface area contributed by atoms with Gasteiger partial charge in [-0.25, -0.2) is 0 Å². The van der Waals surface area contributed by atoms with Gasteiger partial charge in [0.15, 0.2) is 0 Å². The molecule has 0 saturated carbocycles. The van der Waals surface area contributed by atoms with E-state index in [1.807, 2.05) is 24.3 Å². The summed E-state index contributed by atoms with van der Waals surface area (Å²) in [6, 6.07) is 8.02. The van der Waals surface area contributed by atoms with Crippen molar-refractivity contribution in [1.29, 1.82) is 0 Å². The Hall–Kier alpha value is -2.08. The van der Waals surface area contributed by atoms with Crippen LogP contribution in [-0.4, -0.2) is 49.6 Å². The van der Waals surface area contributed by atoms with Crippen molar-refractivity contribution in [3.05, 3.63) is 29.8 Å². The van der Waals surface area contributed by atoms with Crippen LogP contribution in [0.25, 0.3) is 0 Å². The van der Waals surface area contributed by atoms with Crippen molar-refractivity contribution >= 4 is 11.8 Å². The lowest BCUT2D eigenvalue weighted by Gasteiger charge is -2.32. The summed E-state index contributed by atoms with van der Waals surface area (Å²) in [5.41, 5.74) is 1.13. The number of nitrogens with zero attached hydrogens (tertiary/aromatic N) is 1. The van der Waals surface area contributed by atoms with E-state index in [1.165, 1.54) is 0 Å². The summed E-state index contributed by atoms with van der Waals surface area (Å²) in [6.45, 7) is 3.23. The molecule has 24 heavy (non-hydrogen) atoms. The van der Waals surface area contributed by atoms with E-state index in [9.17, 15) is 9.59 Å². The zero-order valence-electron chi connectivity index (χ0n) is 14.5. The molecule has 2 N–H and O–H groups in total. The molecule has 2 amide bonds. The van der Waals surface area contributed by atoms with Crippen LogP contribution in [-0.2, 0) is 16.0 Å². The molecule has 2 rings (SSSR count). The van der Waals surface area contributed by atoms with Crippen LogP contribution in [0.5, 0.6) is 5.75 Å². The average molecular weight is 333 g/mol. The van der Waals surface area contributed by atoms with Gasteiger partial charge in [0.25, 0.3) is 0 Å². The summed E-state index contributed by atoms with van der Waals surface area (Å²) in [5.74, 6) is 0.755. The van der Waals surface area contributed by atoms with Gasteiger partial charge in [-0.05, 0) is 30.5 Å². The number of ether oxygens (including phenoxy) is 1. The van der Waals surface area contributed by atoms with E-state index in [4.69, 9.17) is 4.74 Å². The molecule has 1 atom stereocenters. The largest absolute Gasteiger partial charge is 0.497 e. The number of nitrogens with one attached hydrogen (secondary N) is 2. The topological polar surface area (TPSA) is 70.7 Å². The third kappa shape index (κ3) is 5.53. The molecule has 1 aliphatic heterocycles. The molecule has 6 nitrogen and oxygen atoms in total. The molecule has 0 aromatic heterocycles. The highest BCUT2D eigenvalue weighted by molar-refractivity contribution is 5.85. The Morgan fingerprint density at radius 3 is 2.75 bits per heavy atom. The monoisotopic (exact) mass is 333 g/mol. The number of amides is 2. The normalized spacial score (nSPS) is 17.7. The van der Waals surface area contributed by atoms with Gasteiger partial charge >= 0.3 is 0 Å².